The molecule has 2 heteroatoms. The Morgan fingerprint density at radius 3 is 1.33 bits per heavy atom. The van der Waals surface area contributed by atoms with Gasteiger partial charge in [-0.3, -0.25) is 0 Å². The standard InChI is InChI=1S/C10H10Cl2/c11-9-6-4-8-2-1-7(9)3-5-10(8)12/h1-10H/t7-,8?,9?,10+/m0/s1. The Bertz CT molecular complexity index is 223. The molecule has 0 aromatic rings. The van der Waals surface area contributed by atoms with Gasteiger partial charge in [0.1, 0.15) is 0 Å². The summed E-state index contributed by atoms with van der Waals surface area (Å²) in [5.41, 5.74) is 0. The first kappa shape index (κ1) is 8.40. The van der Waals surface area contributed by atoms with Crippen molar-refractivity contribution >= 4 is 23.2 Å². The van der Waals surface area contributed by atoms with E-state index in [1.54, 1.807) is 0 Å². The summed E-state index contributed by atoms with van der Waals surface area (Å²) < 4.78 is 0. The van der Waals surface area contributed by atoms with Crippen LogP contribution < -0.4 is 0 Å². The molecule has 0 saturated carbocycles. The third kappa shape index (κ3) is 1.46. The van der Waals surface area contributed by atoms with Crippen molar-refractivity contribution in [3.8, 4) is 0 Å². The quantitative estimate of drug-likeness (QED) is 0.417. The van der Waals surface area contributed by atoms with Gasteiger partial charge in [-0.2, -0.15) is 0 Å². The van der Waals surface area contributed by atoms with Crippen LogP contribution in [0.1, 0.15) is 0 Å². The summed E-state index contributed by atoms with van der Waals surface area (Å²) in [4.78, 5) is 0. The fraction of sp³-hybridized carbons (Fsp3) is 0.400. The van der Waals surface area contributed by atoms with Gasteiger partial charge in [-0.15, -0.1) is 23.2 Å². The van der Waals surface area contributed by atoms with E-state index in [1.807, 2.05) is 12.2 Å². The Morgan fingerprint density at radius 1 is 0.583 bits per heavy atom. The molecule has 12 heavy (non-hydrogen) atoms. The number of rotatable bonds is 0. The van der Waals surface area contributed by atoms with Crippen LogP contribution in [0.4, 0.5) is 0 Å². The normalized spacial score (nSPS) is 44.5. The minimum Gasteiger partial charge on any atom is -0.117 e. The van der Waals surface area contributed by atoms with Crippen molar-refractivity contribution in [1.82, 2.24) is 0 Å². The van der Waals surface area contributed by atoms with E-state index in [0.717, 1.165) is 0 Å². The molecule has 0 nitrogen and oxygen atoms in total. The minimum atomic E-state index is 0.0895. The third-order valence-corrected chi connectivity index (χ3v) is 3.20. The molecule has 0 amide bonds. The molecule has 4 atom stereocenters. The largest absolute Gasteiger partial charge is 0.117 e. The molecule has 2 unspecified atom stereocenters. The van der Waals surface area contributed by atoms with Gasteiger partial charge in [0.25, 0.3) is 0 Å². The lowest BCUT2D eigenvalue weighted by molar-refractivity contribution is 0.817. The number of hydrogen-bond donors (Lipinski definition) is 0. The predicted octanol–water partition coefficient (Wildman–Crippen LogP) is 3.13. The molecule has 0 N–H and O–H groups in total. The third-order valence-electron chi connectivity index (χ3n) is 2.33. The smallest absolute Gasteiger partial charge is 0.0613 e. The van der Waals surface area contributed by atoms with E-state index in [-0.39, 0.29) is 10.8 Å². The Labute approximate surface area is 82.5 Å². The second-order valence-corrected chi connectivity index (χ2v) is 4.21. The van der Waals surface area contributed by atoms with Crippen molar-refractivity contribution in [1.29, 1.82) is 0 Å². The first-order chi connectivity index (χ1) is 5.77. The lowest BCUT2D eigenvalue weighted by atomic mass is 10.0. The second-order valence-electron chi connectivity index (χ2n) is 3.20. The van der Waals surface area contributed by atoms with Gasteiger partial charge in [0, 0.05) is 11.8 Å². The molecule has 0 spiro atoms. The summed E-state index contributed by atoms with van der Waals surface area (Å²) in [5, 5.41) is 0.179. The highest BCUT2D eigenvalue weighted by molar-refractivity contribution is 6.23. The molecule has 0 radical (unpaired) electrons. The zero-order valence-corrected chi connectivity index (χ0v) is 8.04. The van der Waals surface area contributed by atoms with Crippen molar-refractivity contribution in [3.05, 3.63) is 36.5 Å². The van der Waals surface area contributed by atoms with Crippen LogP contribution >= 0.6 is 23.2 Å². The van der Waals surface area contributed by atoms with Gasteiger partial charge in [-0.25, -0.2) is 0 Å². The summed E-state index contributed by atoms with van der Waals surface area (Å²) >= 11 is 12.2. The Kier molecular flexibility index (Phi) is 2.29. The highest BCUT2D eigenvalue weighted by Gasteiger charge is 2.22. The molecule has 0 heterocycles. The van der Waals surface area contributed by atoms with Crippen molar-refractivity contribution in [2.24, 2.45) is 11.8 Å². The number of hydrogen-bond acceptors (Lipinski definition) is 0. The molecule has 0 saturated heterocycles. The zero-order chi connectivity index (χ0) is 8.55. The molecule has 0 fully saturated rings. The lowest BCUT2D eigenvalue weighted by Gasteiger charge is -2.13. The summed E-state index contributed by atoms with van der Waals surface area (Å²) in [5.74, 6) is 0.633. The van der Waals surface area contributed by atoms with Gasteiger partial charge in [0.05, 0.1) is 10.8 Å². The minimum absolute atomic E-state index is 0.0895. The Morgan fingerprint density at radius 2 is 0.917 bits per heavy atom. The van der Waals surface area contributed by atoms with Gasteiger partial charge in [0.2, 0.25) is 0 Å². The van der Waals surface area contributed by atoms with Gasteiger partial charge < -0.3 is 0 Å². The van der Waals surface area contributed by atoms with Crippen LogP contribution in [-0.2, 0) is 0 Å². The van der Waals surface area contributed by atoms with Crippen LogP contribution in [0.2, 0.25) is 0 Å². The highest BCUT2D eigenvalue weighted by Crippen LogP contribution is 2.29. The SMILES string of the molecule is ClC1C=CC2C=C[C@H]1C=C[C@H]2Cl. The summed E-state index contributed by atoms with van der Waals surface area (Å²) in [6, 6.07) is 0. The summed E-state index contributed by atoms with van der Waals surface area (Å²) in [6.07, 6.45) is 12.5. The number of fused-ring (bicyclic) bond motifs is 2. The molecule has 2 rings (SSSR count). The number of alkyl halides is 2. The molecule has 0 aromatic carbocycles. The Hall–Kier alpha value is -0.200. The van der Waals surface area contributed by atoms with Crippen LogP contribution in [0.25, 0.3) is 0 Å². The van der Waals surface area contributed by atoms with E-state index in [1.165, 1.54) is 0 Å². The first-order valence-electron chi connectivity index (χ1n) is 4.10. The van der Waals surface area contributed by atoms with Gasteiger partial charge >= 0.3 is 0 Å². The van der Waals surface area contributed by atoms with E-state index in [0.29, 0.717) is 11.8 Å². The predicted molar refractivity (Wildman–Crippen MR) is 53.7 cm³/mol. The fourth-order valence-electron chi connectivity index (χ4n) is 1.53. The average molecular weight is 201 g/mol. The number of halogens is 2. The lowest BCUT2D eigenvalue weighted by Crippen LogP contribution is -2.10. The Balaban J connectivity index is 2.35. The maximum atomic E-state index is 6.10. The van der Waals surface area contributed by atoms with E-state index in [2.05, 4.69) is 24.3 Å². The number of allylic oxidation sites excluding steroid dienone is 6. The molecule has 0 aromatic heterocycles. The van der Waals surface area contributed by atoms with Crippen molar-refractivity contribution in [2.45, 2.75) is 10.8 Å². The van der Waals surface area contributed by atoms with Gasteiger partial charge in [-0.05, 0) is 0 Å². The maximum absolute atomic E-state index is 6.10. The molecular weight excluding hydrogens is 191 g/mol. The van der Waals surface area contributed by atoms with Crippen molar-refractivity contribution in [2.75, 3.05) is 0 Å². The molecule has 2 aliphatic rings. The highest BCUT2D eigenvalue weighted by atomic mass is 35.5. The van der Waals surface area contributed by atoms with Crippen molar-refractivity contribution < 1.29 is 0 Å². The zero-order valence-electron chi connectivity index (χ0n) is 6.53. The van der Waals surface area contributed by atoms with Crippen LogP contribution in [0.5, 0.6) is 0 Å². The molecule has 2 aliphatic carbocycles. The van der Waals surface area contributed by atoms with E-state index in [4.69, 9.17) is 23.2 Å². The van der Waals surface area contributed by atoms with Gasteiger partial charge in [0.15, 0.2) is 0 Å². The first-order valence-corrected chi connectivity index (χ1v) is 4.98. The van der Waals surface area contributed by atoms with Gasteiger partial charge in [-0.1, -0.05) is 36.5 Å². The van der Waals surface area contributed by atoms with Crippen LogP contribution in [0.15, 0.2) is 36.5 Å². The molecular formula is C10H10Cl2. The van der Waals surface area contributed by atoms with E-state index in [9.17, 15) is 0 Å². The van der Waals surface area contributed by atoms with E-state index >= 15 is 0 Å². The topological polar surface area (TPSA) is 0 Å². The van der Waals surface area contributed by atoms with Crippen LogP contribution in [-0.4, -0.2) is 10.8 Å². The van der Waals surface area contributed by atoms with E-state index < -0.39 is 0 Å². The summed E-state index contributed by atoms with van der Waals surface area (Å²) in [7, 11) is 0. The average Bonchev–Trinajstić information content (AvgIpc) is 2.33. The fourth-order valence-corrected chi connectivity index (χ4v) is 2.04. The molecule has 0 aliphatic heterocycles. The van der Waals surface area contributed by atoms with Crippen LogP contribution in [0, 0.1) is 11.8 Å². The molecule has 64 valence electrons. The second kappa shape index (κ2) is 3.27. The maximum Gasteiger partial charge on any atom is 0.0613 e. The molecule has 2 bridgehead atoms. The van der Waals surface area contributed by atoms with Crippen LogP contribution in [0.3, 0.4) is 0 Å². The van der Waals surface area contributed by atoms with Crippen molar-refractivity contribution in [3.63, 3.8) is 0 Å². The summed E-state index contributed by atoms with van der Waals surface area (Å²) in [6.45, 7) is 0. The monoisotopic (exact) mass is 200 g/mol.